The third-order valence-corrected chi connectivity index (χ3v) is 6.20. The van der Waals surface area contributed by atoms with Crippen molar-refractivity contribution in [1.82, 2.24) is 0 Å². The number of amides is 2. The largest absolute Gasteiger partial charge is 0.457 e. The second-order valence-corrected chi connectivity index (χ2v) is 8.10. The first-order valence-electron chi connectivity index (χ1n) is 9.71. The van der Waals surface area contributed by atoms with E-state index in [2.05, 4.69) is 5.32 Å². The van der Waals surface area contributed by atoms with Gasteiger partial charge in [0.25, 0.3) is 11.8 Å². The van der Waals surface area contributed by atoms with Gasteiger partial charge in [0, 0.05) is 4.88 Å². The fourth-order valence-corrected chi connectivity index (χ4v) is 4.91. The number of nitrogens with one attached hydrogen (secondary N) is 1. The van der Waals surface area contributed by atoms with Gasteiger partial charge in [-0.1, -0.05) is 36.8 Å². The molecular formula is C23H22N2O3S. The van der Waals surface area contributed by atoms with Gasteiger partial charge in [-0.05, 0) is 55.5 Å². The number of hydrogen-bond acceptors (Lipinski definition) is 4. The number of benzene rings is 2. The van der Waals surface area contributed by atoms with Crippen molar-refractivity contribution in [3.8, 4) is 11.5 Å². The fourth-order valence-electron chi connectivity index (χ4n) is 3.62. The standard InChI is InChI=1S/C23H22N2O3S/c24-21(26)20-17-12-5-2-6-14-19(17)29-23(20)25-22(27)16-11-7-8-13-18(16)28-15-9-3-1-4-10-15/h1,3-4,7-11,13H,2,5-6,12,14H2,(H2,24,26)(H,25,27). The molecule has 0 atom stereocenters. The first-order chi connectivity index (χ1) is 14.1. The van der Waals surface area contributed by atoms with Crippen LogP contribution in [0.2, 0.25) is 0 Å². The molecule has 0 bridgehead atoms. The Morgan fingerprint density at radius 3 is 2.45 bits per heavy atom. The summed E-state index contributed by atoms with van der Waals surface area (Å²) in [6, 6.07) is 16.4. The highest BCUT2D eigenvalue weighted by atomic mass is 32.1. The molecule has 1 heterocycles. The van der Waals surface area contributed by atoms with Crippen molar-refractivity contribution in [2.45, 2.75) is 32.1 Å². The molecule has 5 nitrogen and oxygen atoms in total. The van der Waals surface area contributed by atoms with Gasteiger partial charge in [-0.25, -0.2) is 0 Å². The quantitative estimate of drug-likeness (QED) is 0.574. The summed E-state index contributed by atoms with van der Waals surface area (Å²) < 4.78 is 5.89. The van der Waals surface area contributed by atoms with E-state index in [0.29, 0.717) is 27.6 Å². The number of primary amides is 1. The van der Waals surface area contributed by atoms with Gasteiger partial charge in [0.2, 0.25) is 0 Å². The molecule has 2 amide bonds. The van der Waals surface area contributed by atoms with Crippen LogP contribution < -0.4 is 15.8 Å². The normalized spacial score (nSPS) is 13.2. The van der Waals surface area contributed by atoms with Crippen LogP contribution >= 0.6 is 11.3 Å². The Balaban J connectivity index is 1.63. The van der Waals surface area contributed by atoms with E-state index < -0.39 is 5.91 Å². The van der Waals surface area contributed by atoms with Gasteiger partial charge in [0.15, 0.2) is 0 Å². The summed E-state index contributed by atoms with van der Waals surface area (Å²) >= 11 is 1.46. The summed E-state index contributed by atoms with van der Waals surface area (Å²) in [5, 5.41) is 3.44. The number of ether oxygens (including phenoxy) is 1. The zero-order valence-electron chi connectivity index (χ0n) is 15.9. The average molecular weight is 407 g/mol. The van der Waals surface area contributed by atoms with E-state index >= 15 is 0 Å². The van der Waals surface area contributed by atoms with Crippen LogP contribution in [0.4, 0.5) is 5.00 Å². The molecule has 1 aliphatic rings. The van der Waals surface area contributed by atoms with Gasteiger partial charge in [-0.15, -0.1) is 11.3 Å². The lowest BCUT2D eigenvalue weighted by atomic mass is 10.1. The highest BCUT2D eigenvalue weighted by Crippen LogP contribution is 2.38. The lowest BCUT2D eigenvalue weighted by Gasteiger charge is -2.11. The number of carbonyl (C=O) groups excluding carboxylic acids is 2. The molecule has 4 rings (SSSR count). The van der Waals surface area contributed by atoms with Crippen molar-refractivity contribution in [1.29, 1.82) is 0 Å². The monoisotopic (exact) mass is 406 g/mol. The molecule has 0 saturated heterocycles. The van der Waals surface area contributed by atoms with Crippen LogP contribution in [-0.2, 0) is 12.8 Å². The maximum Gasteiger partial charge on any atom is 0.260 e. The molecule has 2 aromatic carbocycles. The minimum absolute atomic E-state index is 0.324. The zero-order chi connectivity index (χ0) is 20.2. The molecule has 0 saturated carbocycles. The van der Waals surface area contributed by atoms with Crippen LogP contribution in [-0.4, -0.2) is 11.8 Å². The summed E-state index contributed by atoms with van der Waals surface area (Å²) in [6.07, 6.45) is 5.01. The fraction of sp³-hybridized carbons (Fsp3) is 0.217. The average Bonchev–Trinajstić information content (AvgIpc) is 2.90. The Labute approximate surface area is 173 Å². The van der Waals surface area contributed by atoms with Crippen LogP contribution in [0.5, 0.6) is 11.5 Å². The molecule has 6 heteroatoms. The van der Waals surface area contributed by atoms with E-state index in [1.807, 2.05) is 36.4 Å². The van der Waals surface area contributed by atoms with E-state index in [1.165, 1.54) is 11.3 Å². The predicted molar refractivity (Wildman–Crippen MR) is 115 cm³/mol. The van der Waals surface area contributed by atoms with Gasteiger partial charge in [-0.3, -0.25) is 9.59 Å². The maximum atomic E-state index is 13.0. The summed E-state index contributed by atoms with van der Waals surface area (Å²) in [6.45, 7) is 0. The maximum absolute atomic E-state index is 13.0. The predicted octanol–water partition coefficient (Wildman–Crippen LogP) is 5.16. The van der Waals surface area contributed by atoms with Crippen molar-refractivity contribution < 1.29 is 14.3 Å². The summed E-state index contributed by atoms with van der Waals surface area (Å²) in [7, 11) is 0. The van der Waals surface area contributed by atoms with Crippen LogP contribution in [0, 0.1) is 0 Å². The van der Waals surface area contributed by atoms with E-state index in [4.69, 9.17) is 10.5 Å². The second kappa shape index (κ2) is 8.49. The van der Waals surface area contributed by atoms with E-state index in [9.17, 15) is 9.59 Å². The molecule has 0 spiro atoms. The first-order valence-corrected chi connectivity index (χ1v) is 10.5. The lowest BCUT2D eigenvalue weighted by molar-refractivity contribution is 0.100. The molecule has 0 radical (unpaired) electrons. The van der Waals surface area contributed by atoms with Gasteiger partial charge in [-0.2, -0.15) is 0 Å². The van der Waals surface area contributed by atoms with Crippen LogP contribution in [0.3, 0.4) is 0 Å². The van der Waals surface area contributed by atoms with Gasteiger partial charge in [0.1, 0.15) is 16.5 Å². The van der Waals surface area contributed by atoms with Gasteiger partial charge >= 0.3 is 0 Å². The number of anilines is 1. The number of para-hydroxylation sites is 2. The van der Waals surface area contributed by atoms with Gasteiger partial charge in [0.05, 0.1) is 11.1 Å². The SMILES string of the molecule is NC(=O)c1c(NC(=O)c2ccccc2Oc2ccccc2)sc2c1CCCCC2. The van der Waals surface area contributed by atoms with Crippen molar-refractivity contribution in [2.24, 2.45) is 5.73 Å². The van der Waals surface area contributed by atoms with E-state index in [0.717, 1.165) is 42.5 Å². The van der Waals surface area contributed by atoms with Crippen LogP contribution in [0.15, 0.2) is 54.6 Å². The highest BCUT2D eigenvalue weighted by Gasteiger charge is 2.25. The topological polar surface area (TPSA) is 81.4 Å². The minimum Gasteiger partial charge on any atom is -0.457 e. The summed E-state index contributed by atoms with van der Waals surface area (Å²) in [5.74, 6) is 0.285. The van der Waals surface area contributed by atoms with Crippen LogP contribution in [0.1, 0.15) is 50.4 Å². The minimum atomic E-state index is -0.492. The Morgan fingerprint density at radius 2 is 1.66 bits per heavy atom. The third-order valence-electron chi connectivity index (χ3n) is 5.00. The Kier molecular flexibility index (Phi) is 5.62. The number of nitrogens with two attached hydrogens (primary N) is 1. The Bertz CT molecular complexity index is 1040. The molecule has 148 valence electrons. The molecule has 1 aliphatic carbocycles. The van der Waals surface area contributed by atoms with Crippen LogP contribution in [0.25, 0.3) is 0 Å². The third kappa shape index (κ3) is 4.17. The van der Waals surface area contributed by atoms with Gasteiger partial charge < -0.3 is 15.8 Å². The Morgan fingerprint density at radius 1 is 0.931 bits per heavy atom. The molecule has 0 aliphatic heterocycles. The molecule has 1 aromatic heterocycles. The van der Waals surface area contributed by atoms with Crippen molar-refractivity contribution in [3.63, 3.8) is 0 Å². The molecule has 3 N–H and O–H groups in total. The lowest BCUT2D eigenvalue weighted by Crippen LogP contribution is -2.18. The zero-order valence-corrected chi connectivity index (χ0v) is 16.8. The number of rotatable bonds is 5. The molecule has 0 fully saturated rings. The van der Waals surface area contributed by atoms with Crippen molar-refractivity contribution in [3.05, 3.63) is 76.2 Å². The molecule has 29 heavy (non-hydrogen) atoms. The Hall–Kier alpha value is -3.12. The summed E-state index contributed by atoms with van der Waals surface area (Å²) in [5.41, 5.74) is 7.53. The summed E-state index contributed by atoms with van der Waals surface area (Å²) in [4.78, 5) is 26.3. The number of thiophene rings is 1. The molecular weight excluding hydrogens is 384 g/mol. The van der Waals surface area contributed by atoms with E-state index in [-0.39, 0.29) is 5.91 Å². The molecule has 0 unspecified atom stereocenters. The smallest absolute Gasteiger partial charge is 0.260 e. The number of fused-ring (bicyclic) bond motifs is 1. The number of hydrogen-bond donors (Lipinski definition) is 2. The first kappa shape index (κ1) is 19.2. The van der Waals surface area contributed by atoms with Crippen molar-refractivity contribution >= 4 is 28.2 Å². The highest BCUT2D eigenvalue weighted by molar-refractivity contribution is 7.17. The second-order valence-electron chi connectivity index (χ2n) is 7.00. The number of carbonyl (C=O) groups is 2. The molecule has 3 aromatic rings. The van der Waals surface area contributed by atoms with E-state index in [1.54, 1.807) is 18.2 Å². The number of aryl methyl sites for hydroxylation is 1. The van der Waals surface area contributed by atoms with Crippen molar-refractivity contribution in [2.75, 3.05) is 5.32 Å².